The van der Waals surface area contributed by atoms with Crippen molar-refractivity contribution >= 4 is 20.0 Å². The van der Waals surface area contributed by atoms with Gasteiger partial charge < -0.3 is 0 Å². The molecule has 2 N–H and O–H groups in total. The lowest BCUT2D eigenvalue weighted by Gasteiger charge is -2.13. The second-order valence-electron chi connectivity index (χ2n) is 7.78. The van der Waals surface area contributed by atoms with Gasteiger partial charge in [-0.05, 0) is 25.0 Å². The van der Waals surface area contributed by atoms with Crippen LogP contribution in [0, 0.1) is 0 Å². The Morgan fingerprint density at radius 2 is 0.900 bits per heavy atom. The van der Waals surface area contributed by atoms with Crippen LogP contribution in [0.3, 0.4) is 0 Å². The van der Waals surface area contributed by atoms with E-state index >= 15 is 0 Å². The normalized spacial score (nSPS) is 12.3. The van der Waals surface area contributed by atoms with E-state index in [0.717, 1.165) is 51.4 Å². The first-order valence-electron chi connectivity index (χ1n) is 11.4. The maximum atomic E-state index is 12.7. The fraction of sp³-hybridized carbons (Fsp3) is 0.727. The van der Waals surface area contributed by atoms with E-state index in [1.54, 1.807) is 12.1 Å². The highest BCUT2D eigenvalue weighted by molar-refractivity contribution is 7.92. The topological polar surface area (TPSA) is 92.3 Å². The SMILES string of the molecule is CCCCCCCCNS(=O)(=O)c1ccccc1S(=O)(=O)NCCCCCCCC. The average molecular weight is 461 g/mol. The Balaban J connectivity index is 2.62. The van der Waals surface area contributed by atoms with Gasteiger partial charge in [0.25, 0.3) is 0 Å². The zero-order valence-corrected chi connectivity index (χ0v) is 20.3. The van der Waals surface area contributed by atoms with Gasteiger partial charge in [0.15, 0.2) is 0 Å². The first-order chi connectivity index (χ1) is 14.3. The molecule has 0 aromatic heterocycles. The summed E-state index contributed by atoms with van der Waals surface area (Å²) in [6, 6.07) is 5.80. The molecule has 0 fully saturated rings. The Labute approximate surface area is 184 Å². The van der Waals surface area contributed by atoms with E-state index in [1.165, 1.54) is 37.8 Å². The third-order valence-electron chi connectivity index (χ3n) is 5.07. The van der Waals surface area contributed by atoms with Gasteiger partial charge in [-0.1, -0.05) is 90.2 Å². The molecular weight excluding hydrogens is 420 g/mol. The van der Waals surface area contributed by atoms with Crippen molar-refractivity contribution in [2.24, 2.45) is 0 Å². The number of sulfonamides is 2. The molecule has 1 aromatic rings. The van der Waals surface area contributed by atoms with E-state index in [-0.39, 0.29) is 9.79 Å². The maximum Gasteiger partial charge on any atom is 0.241 e. The summed E-state index contributed by atoms with van der Waals surface area (Å²) in [5, 5.41) is 0. The molecule has 0 aliphatic carbocycles. The molecule has 0 saturated heterocycles. The fourth-order valence-corrected chi connectivity index (χ4v) is 6.25. The molecule has 1 rings (SSSR count). The molecule has 0 aliphatic rings. The van der Waals surface area contributed by atoms with Crippen molar-refractivity contribution < 1.29 is 16.8 Å². The summed E-state index contributed by atoms with van der Waals surface area (Å²) in [4.78, 5) is -0.377. The molecule has 174 valence electrons. The lowest BCUT2D eigenvalue weighted by atomic mass is 10.1. The highest BCUT2D eigenvalue weighted by Gasteiger charge is 2.25. The Hall–Kier alpha value is -0.960. The summed E-state index contributed by atoms with van der Waals surface area (Å²) in [7, 11) is -7.77. The lowest BCUT2D eigenvalue weighted by molar-refractivity contribution is 0.556. The Kier molecular flexibility index (Phi) is 13.5. The van der Waals surface area contributed by atoms with Gasteiger partial charge in [0.2, 0.25) is 20.0 Å². The highest BCUT2D eigenvalue weighted by atomic mass is 32.2. The van der Waals surface area contributed by atoms with Gasteiger partial charge in [-0.2, -0.15) is 0 Å². The summed E-state index contributed by atoms with van der Waals surface area (Å²) in [5.41, 5.74) is 0. The highest BCUT2D eigenvalue weighted by Crippen LogP contribution is 2.20. The van der Waals surface area contributed by atoms with E-state index in [4.69, 9.17) is 0 Å². The van der Waals surface area contributed by atoms with Crippen LogP contribution in [0.15, 0.2) is 34.1 Å². The second-order valence-corrected chi connectivity index (χ2v) is 11.2. The minimum Gasteiger partial charge on any atom is -0.211 e. The van der Waals surface area contributed by atoms with Crippen LogP contribution in [0.25, 0.3) is 0 Å². The third kappa shape index (κ3) is 10.4. The molecule has 0 bridgehead atoms. The Morgan fingerprint density at radius 1 is 0.567 bits per heavy atom. The van der Waals surface area contributed by atoms with Crippen molar-refractivity contribution in [3.8, 4) is 0 Å². The van der Waals surface area contributed by atoms with E-state index in [1.807, 2.05) is 0 Å². The van der Waals surface area contributed by atoms with E-state index in [0.29, 0.717) is 13.1 Å². The smallest absolute Gasteiger partial charge is 0.211 e. The molecular formula is C22H40N2O4S2. The molecule has 0 unspecified atom stereocenters. The standard InChI is InChI=1S/C22H40N2O4S2/c1-3-5-7-9-11-15-19-23-29(25,26)21-17-13-14-18-22(21)30(27,28)24-20-16-12-10-8-6-4-2/h13-14,17-18,23-24H,3-12,15-16,19-20H2,1-2H3. The van der Waals surface area contributed by atoms with Gasteiger partial charge >= 0.3 is 0 Å². The first kappa shape index (κ1) is 27.1. The Bertz CT molecular complexity index is 726. The zero-order chi connectivity index (χ0) is 22.3. The number of benzene rings is 1. The fourth-order valence-electron chi connectivity index (χ4n) is 3.27. The molecule has 0 aliphatic heterocycles. The van der Waals surface area contributed by atoms with Gasteiger partial charge in [-0.25, -0.2) is 26.3 Å². The van der Waals surface area contributed by atoms with E-state index < -0.39 is 20.0 Å². The number of rotatable bonds is 18. The largest absolute Gasteiger partial charge is 0.241 e. The minimum absolute atomic E-state index is 0.188. The molecule has 30 heavy (non-hydrogen) atoms. The van der Waals surface area contributed by atoms with Crippen LogP contribution in [-0.2, 0) is 20.0 Å². The average Bonchev–Trinajstić information content (AvgIpc) is 2.72. The van der Waals surface area contributed by atoms with E-state index in [2.05, 4.69) is 23.3 Å². The molecule has 1 aromatic carbocycles. The van der Waals surface area contributed by atoms with E-state index in [9.17, 15) is 16.8 Å². The second kappa shape index (κ2) is 14.9. The minimum atomic E-state index is -3.89. The summed E-state index contributed by atoms with van der Waals surface area (Å²) in [5.74, 6) is 0. The summed E-state index contributed by atoms with van der Waals surface area (Å²) < 4.78 is 55.9. The molecule has 0 saturated carbocycles. The van der Waals surface area contributed by atoms with Crippen molar-refractivity contribution in [2.45, 2.75) is 101 Å². The molecule has 0 spiro atoms. The Morgan fingerprint density at radius 3 is 1.27 bits per heavy atom. The lowest BCUT2D eigenvalue weighted by Crippen LogP contribution is -2.30. The summed E-state index contributed by atoms with van der Waals surface area (Å²) in [6.45, 7) is 4.94. The molecule has 0 amide bonds. The van der Waals surface area contributed by atoms with Crippen LogP contribution in [-0.4, -0.2) is 29.9 Å². The maximum absolute atomic E-state index is 12.7. The van der Waals surface area contributed by atoms with Crippen molar-refractivity contribution in [2.75, 3.05) is 13.1 Å². The van der Waals surface area contributed by atoms with Crippen LogP contribution in [0.1, 0.15) is 90.9 Å². The van der Waals surface area contributed by atoms with Gasteiger partial charge in [0, 0.05) is 13.1 Å². The molecule has 6 nitrogen and oxygen atoms in total. The third-order valence-corrected chi connectivity index (χ3v) is 8.24. The van der Waals surface area contributed by atoms with Gasteiger partial charge in [-0.3, -0.25) is 0 Å². The van der Waals surface area contributed by atoms with Gasteiger partial charge in [0.1, 0.15) is 9.79 Å². The number of hydrogen-bond donors (Lipinski definition) is 2. The summed E-state index contributed by atoms with van der Waals surface area (Å²) >= 11 is 0. The molecule has 0 radical (unpaired) electrons. The van der Waals surface area contributed by atoms with Gasteiger partial charge in [0.05, 0.1) is 0 Å². The summed E-state index contributed by atoms with van der Waals surface area (Å²) in [6.07, 6.45) is 12.6. The van der Waals surface area contributed by atoms with Crippen molar-refractivity contribution in [3.63, 3.8) is 0 Å². The van der Waals surface area contributed by atoms with Crippen molar-refractivity contribution in [3.05, 3.63) is 24.3 Å². The van der Waals surface area contributed by atoms with Crippen LogP contribution < -0.4 is 9.44 Å². The predicted molar refractivity (Wildman–Crippen MR) is 124 cm³/mol. The van der Waals surface area contributed by atoms with Crippen LogP contribution in [0.4, 0.5) is 0 Å². The van der Waals surface area contributed by atoms with Crippen molar-refractivity contribution in [1.82, 2.24) is 9.44 Å². The molecule has 8 heteroatoms. The molecule has 0 heterocycles. The zero-order valence-electron chi connectivity index (χ0n) is 18.7. The van der Waals surface area contributed by atoms with Crippen LogP contribution in [0.2, 0.25) is 0 Å². The van der Waals surface area contributed by atoms with Crippen LogP contribution in [0.5, 0.6) is 0 Å². The number of nitrogens with one attached hydrogen (secondary N) is 2. The first-order valence-corrected chi connectivity index (χ1v) is 14.4. The monoisotopic (exact) mass is 460 g/mol. The quantitative estimate of drug-likeness (QED) is 0.303. The van der Waals surface area contributed by atoms with Gasteiger partial charge in [-0.15, -0.1) is 0 Å². The predicted octanol–water partition coefficient (Wildman–Crippen LogP) is 4.96. The molecule has 0 atom stereocenters. The van der Waals surface area contributed by atoms with Crippen LogP contribution >= 0.6 is 0 Å². The van der Waals surface area contributed by atoms with Crippen molar-refractivity contribution in [1.29, 1.82) is 0 Å². The number of hydrogen-bond acceptors (Lipinski definition) is 4. The number of unbranched alkanes of at least 4 members (excludes halogenated alkanes) is 10.